The molecule has 0 unspecified atom stereocenters. The molecule has 2 rings (SSSR count). The van der Waals surface area contributed by atoms with Gasteiger partial charge in [-0.15, -0.1) is 0 Å². The first-order valence-electron chi connectivity index (χ1n) is 6.36. The Morgan fingerprint density at radius 3 is 2.35 bits per heavy atom. The maximum absolute atomic E-state index is 9.64. The number of aryl methyl sites for hydroxylation is 2. The van der Waals surface area contributed by atoms with Crippen molar-refractivity contribution in [2.24, 2.45) is 0 Å². The standard InChI is InChI=1S/C16H18O4/c1-19-13-5-3-4-11(8-13)6-7-12-9-14(17)16(18)15(10-12)20-2/h3-5,8-10,17-18H,6-7H2,1-2H3. The van der Waals surface area contributed by atoms with Crippen LogP contribution in [0.2, 0.25) is 0 Å². The van der Waals surface area contributed by atoms with E-state index in [1.165, 1.54) is 7.11 Å². The van der Waals surface area contributed by atoms with Crippen LogP contribution >= 0.6 is 0 Å². The van der Waals surface area contributed by atoms with Gasteiger partial charge >= 0.3 is 0 Å². The van der Waals surface area contributed by atoms with Crippen molar-refractivity contribution in [1.82, 2.24) is 0 Å². The summed E-state index contributed by atoms with van der Waals surface area (Å²) in [5, 5.41) is 19.2. The van der Waals surface area contributed by atoms with Gasteiger partial charge in [-0.2, -0.15) is 0 Å². The molecule has 0 heterocycles. The summed E-state index contributed by atoms with van der Waals surface area (Å²) in [5.41, 5.74) is 2.05. The maximum Gasteiger partial charge on any atom is 0.200 e. The van der Waals surface area contributed by atoms with Gasteiger partial charge in [-0.05, 0) is 48.2 Å². The predicted molar refractivity (Wildman–Crippen MR) is 76.7 cm³/mol. The SMILES string of the molecule is COc1cccc(CCc2cc(O)c(O)c(OC)c2)c1. The molecule has 0 aromatic heterocycles. The second kappa shape index (κ2) is 6.19. The Hall–Kier alpha value is -2.36. The van der Waals surface area contributed by atoms with E-state index in [4.69, 9.17) is 9.47 Å². The monoisotopic (exact) mass is 274 g/mol. The number of rotatable bonds is 5. The van der Waals surface area contributed by atoms with Gasteiger partial charge in [-0.3, -0.25) is 0 Å². The topological polar surface area (TPSA) is 58.9 Å². The van der Waals surface area contributed by atoms with E-state index in [2.05, 4.69) is 0 Å². The second-order valence-electron chi connectivity index (χ2n) is 4.52. The molecule has 4 heteroatoms. The molecular weight excluding hydrogens is 256 g/mol. The molecule has 0 amide bonds. The van der Waals surface area contributed by atoms with Crippen molar-refractivity contribution in [3.05, 3.63) is 47.5 Å². The molecule has 4 nitrogen and oxygen atoms in total. The lowest BCUT2D eigenvalue weighted by atomic mass is 10.0. The number of hydrogen-bond donors (Lipinski definition) is 2. The first-order valence-corrected chi connectivity index (χ1v) is 6.36. The van der Waals surface area contributed by atoms with Crippen molar-refractivity contribution in [2.75, 3.05) is 14.2 Å². The number of phenols is 2. The van der Waals surface area contributed by atoms with Gasteiger partial charge in [-0.25, -0.2) is 0 Å². The molecule has 2 aromatic carbocycles. The summed E-state index contributed by atoms with van der Waals surface area (Å²) in [5.74, 6) is 0.724. The van der Waals surface area contributed by atoms with E-state index in [-0.39, 0.29) is 17.2 Å². The minimum absolute atomic E-state index is 0.162. The van der Waals surface area contributed by atoms with E-state index in [1.807, 2.05) is 24.3 Å². The zero-order valence-corrected chi connectivity index (χ0v) is 11.6. The Balaban J connectivity index is 2.12. The van der Waals surface area contributed by atoms with Crippen LogP contribution in [0.25, 0.3) is 0 Å². The molecule has 0 aliphatic carbocycles. The molecule has 0 saturated carbocycles. The number of phenolic OH excluding ortho intramolecular Hbond substituents is 2. The quantitative estimate of drug-likeness (QED) is 0.823. The third-order valence-electron chi connectivity index (χ3n) is 3.17. The van der Waals surface area contributed by atoms with E-state index < -0.39 is 0 Å². The number of ether oxygens (including phenoxy) is 2. The van der Waals surface area contributed by atoms with Crippen LogP contribution in [-0.2, 0) is 12.8 Å². The Bertz CT molecular complexity index is 593. The number of aromatic hydroxyl groups is 2. The normalized spacial score (nSPS) is 10.3. The lowest BCUT2D eigenvalue weighted by Gasteiger charge is -2.09. The second-order valence-corrected chi connectivity index (χ2v) is 4.52. The Morgan fingerprint density at radius 2 is 1.65 bits per heavy atom. The highest BCUT2D eigenvalue weighted by Gasteiger charge is 2.09. The van der Waals surface area contributed by atoms with Gasteiger partial charge in [0.1, 0.15) is 5.75 Å². The fourth-order valence-electron chi connectivity index (χ4n) is 2.07. The average molecular weight is 274 g/mol. The van der Waals surface area contributed by atoms with Crippen LogP contribution in [0.1, 0.15) is 11.1 Å². The molecule has 0 radical (unpaired) electrons. The third kappa shape index (κ3) is 3.15. The van der Waals surface area contributed by atoms with Crippen molar-refractivity contribution in [2.45, 2.75) is 12.8 Å². The highest BCUT2D eigenvalue weighted by molar-refractivity contribution is 5.52. The van der Waals surface area contributed by atoms with Crippen molar-refractivity contribution in [1.29, 1.82) is 0 Å². The summed E-state index contributed by atoms with van der Waals surface area (Å²) in [7, 11) is 3.10. The van der Waals surface area contributed by atoms with Crippen molar-refractivity contribution in [3.63, 3.8) is 0 Å². The van der Waals surface area contributed by atoms with Crippen LogP contribution in [-0.4, -0.2) is 24.4 Å². The first kappa shape index (κ1) is 14.1. The molecule has 0 bridgehead atoms. The van der Waals surface area contributed by atoms with Crippen LogP contribution in [0.3, 0.4) is 0 Å². The Labute approximate surface area is 118 Å². The first-order chi connectivity index (χ1) is 9.63. The zero-order valence-electron chi connectivity index (χ0n) is 11.6. The smallest absolute Gasteiger partial charge is 0.200 e. The Morgan fingerprint density at radius 1 is 0.900 bits per heavy atom. The molecule has 106 valence electrons. The summed E-state index contributed by atoms with van der Waals surface area (Å²) in [6, 6.07) is 11.1. The summed E-state index contributed by atoms with van der Waals surface area (Å²) >= 11 is 0. The molecule has 2 N–H and O–H groups in total. The lowest BCUT2D eigenvalue weighted by Crippen LogP contribution is -1.94. The molecule has 0 saturated heterocycles. The fourth-order valence-corrected chi connectivity index (χ4v) is 2.07. The fraction of sp³-hybridized carbons (Fsp3) is 0.250. The molecular formula is C16H18O4. The number of hydrogen-bond acceptors (Lipinski definition) is 4. The van der Waals surface area contributed by atoms with E-state index in [0.717, 1.165) is 29.7 Å². The van der Waals surface area contributed by atoms with E-state index in [1.54, 1.807) is 19.2 Å². The van der Waals surface area contributed by atoms with Crippen LogP contribution in [0, 0.1) is 0 Å². The molecule has 0 atom stereocenters. The summed E-state index contributed by atoms with van der Waals surface area (Å²) in [4.78, 5) is 0. The predicted octanol–water partition coefficient (Wildman–Crippen LogP) is 2.90. The van der Waals surface area contributed by atoms with Crippen LogP contribution < -0.4 is 9.47 Å². The molecule has 0 aliphatic rings. The molecule has 0 aliphatic heterocycles. The number of benzene rings is 2. The van der Waals surface area contributed by atoms with Crippen molar-refractivity contribution >= 4 is 0 Å². The van der Waals surface area contributed by atoms with Gasteiger partial charge in [0.15, 0.2) is 11.5 Å². The summed E-state index contributed by atoms with van der Waals surface area (Å²) < 4.78 is 10.2. The summed E-state index contributed by atoms with van der Waals surface area (Å²) in [6.45, 7) is 0. The van der Waals surface area contributed by atoms with Gasteiger partial charge in [0.2, 0.25) is 5.75 Å². The van der Waals surface area contributed by atoms with Crippen LogP contribution in [0.4, 0.5) is 0 Å². The van der Waals surface area contributed by atoms with Crippen molar-refractivity contribution in [3.8, 4) is 23.0 Å². The molecule has 20 heavy (non-hydrogen) atoms. The van der Waals surface area contributed by atoms with Gasteiger partial charge in [-0.1, -0.05) is 12.1 Å². The number of methoxy groups -OCH3 is 2. The largest absolute Gasteiger partial charge is 0.504 e. The third-order valence-corrected chi connectivity index (χ3v) is 3.17. The van der Waals surface area contributed by atoms with Gasteiger partial charge in [0.25, 0.3) is 0 Å². The molecule has 0 spiro atoms. The van der Waals surface area contributed by atoms with E-state index >= 15 is 0 Å². The highest BCUT2D eigenvalue weighted by atomic mass is 16.5. The van der Waals surface area contributed by atoms with Gasteiger partial charge in [0, 0.05) is 0 Å². The van der Waals surface area contributed by atoms with Crippen LogP contribution in [0.5, 0.6) is 23.0 Å². The maximum atomic E-state index is 9.64. The van der Waals surface area contributed by atoms with E-state index in [0.29, 0.717) is 0 Å². The minimum atomic E-state index is -0.224. The highest BCUT2D eigenvalue weighted by Crippen LogP contribution is 2.36. The summed E-state index contributed by atoms with van der Waals surface area (Å²) in [6.07, 6.45) is 1.54. The molecule has 0 fully saturated rings. The average Bonchev–Trinajstić information content (AvgIpc) is 2.48. The Kier molecular flexibility index (Phi) is 4.35. The molecule has 2 aromatic rings. The van der Waals surface area contributed by atoms with Gasteiger partial charge in [0.05, 0.1) is 14.2 Å². The van der Waals surface area contributed by atoms with Crippen LogP contribution in [0.15, 0.2) is 36.4 Å². The lowest BCUT2D eigenvalue weighted by molar-refractivity contribution is 0.350. The van der Waals surface area contributed by atoms with Gasteiger partial charge < -0.3 is 19.7 Å². The zero-order chi connectivity index (χ0) is 14.5. The van der Waals surface area contributed by atoms with E-state index in [9.17, 15) is 10.2 Å². The minimum Gasteiger partial charge on any atom is -0.504 e. The van der Waals surface area contributed by atoms with Crippen molar-refractivity contribution < 1.29 is 19.7 Å².